The third kappa shape index (κ3) is 2.18. The summed E-state index contributed by atoms with van der Waals surface area (Å²) >= 11 is 0. The van der Waals surface area contributed by atoms with Gasteiger partial charge in [-0.25, -0.2) is 19.9 Å². The Morgan fingerprint density at radius 3 is 2.43 bits per heavy atom. The number of nitrogen functional groups attached to an aromatic ring is 1. The molecule has 3 heterocycles. The summed E-state index contributed by atoms with van der Waals surface area (Å²) in [5.74, 6) is 0.821. The van der Waals surface area contributed by atoms with Crippen LogP contribution in [0.3, 0.4) is 0 Å². The molecule has 3 aromatic heterocycles. The molecule has 2 N–H and O–H groups in total. The van der Waals surface area contributed by atoms with Gasteiger partial charge in [0.2, 0.25) is 0 Å². The van der Waals surface area contributed by atoms with Gasteiger partial charge in [-0.15, -0.1) is 0 Å². The molecule has 0 saturated carbocycles. The Morgan fingerprint density at radius 2 is 1.70 bits per heavy atom. The van der Waals surface area contributed by atoms with Gasteiger partial charge in [0.15, 0.2) is 5.65 Å². The first kappa shape index (κ1) is 13.3. The van der Waals surface area contributed by atoms with Gasteiger partial charge in [-0.2, -0.15) is 9.78 Å². The second-order valence-corrected chi connectivity index (χ2v) is 5.13. The summed E-state index contributed by atoms with van der Waals surface area (Å²) < 4.78 is 1.59. The second-order valence-electron chi connectivity index (χ2n) is 5.13. The molecule has 0 fully saturated rings. The van der Waals surface area contributed by atoms with Gasteiger partial charge in [0.1, 0.15) is 17.8 Å². The lowest BCUT2D eigenvalue weighted by molar-refractivity contribution is 0.825. The smallest absolute Gasteiger partial charge is 0.252 e. The summed E-state index contributed by atoms with van der Waals surface area (Å²) in [6.07, 6.45) is 4.73. The molecule has 0 unspecified atom stereocenters. The highest BCUT2D eigenvalue weighted by atomic mass is 15.4. The van der Waals surface area contributed by atoms with E-state index >= 15 is 0 Å². The summed E-state index contributed by atoms with van der Waals surface area (Å²) in [6, 6.07) is 9.80. The Kier molecular flexibility index (Phi) is 2.97. The largest absolute Gasteiger partial charge is 0.383 e. The number of hydrogen-bond donors (Lipinski definition) is 1. The van der Waals surface area contributed by atoms with Crippen molar-refractivity contribution in [3.8, 4) is 17.2 Å². The minimum atomic E-state index is 0.382. The van der Waals surface area contributed by atoms with E-state index < -0.39 is 0 Å². The van der Waals surface area contributed by atoms with Crippen LogP contribution in [-0.2, 0) is 0 Å². The van der Waals surface area contributed by atoms with Gasteiger partial charge in [0, 0.05) is 18.0 Å². The maximum Gasteiger partial charge on any atom is 0.252 e. The average Bonchev–Trinajstić information content (AvgIpc) is 2.97. The quantitative estimate of drug-likeness (QED) is 0.609. The first-order valence-electron chi connectivity index (χ1n) is 7.07. The average molecular weight is 303 g/mol. The molecule has 7 nitrogen and oxygen atoms in total. The first-order chi connectivity index (χ1) is 11.2. The molecule has 0 amide bonds. The predicted octanol–water partition coefficient (Wildman–Crippen LogP) is 2.16. The lowest BCUT2D eigenvalue weighted by Gasteiger charge is -1.99. The maximum atomic E-state index is 6.07. The van der Waals surface area contributed by atoms with Crippen molar-refractivity contribution in [3.63, 3.8) is 0 Å². The van der Waals surface area contributed by atoms with Crippen molar-refractivity contribution in [2.75, 3.05) is 5.73 Å². The molecule has 4 aromatic rings. The Hall–Kier alpha value is -3.35. The zero-order valence-corrected chi connectivity index (χ0v) is 12.4. The fourth-order valence-electron chi connectivity index (χ4n) is 2.43. The van der Waals surface area contributed by atoms with Crippen molar-refractivity contribution in [1.82, 2.24) is 29.7 Å². The van der Waals surface area contributed by atoms with Crippen molar-refractivity contribution >= 4 is 16.9 Å². The Balaban J connectivity index is 2.04. The van der Waals surface area contributed by atoms with Crippen LogP contribution in [0.15, 0.2) is 49.1 Å². The molecule has 0 bridgehead atoms. The van der Waals surface area contributed by atoms with E-state index in [9.17, 15) is 0 Å². The number of hydrogen-bond acceptors (Lipinski definition) is 6. The van der Waals surface area contributed by atoms with Crippen LogP contribution in [0.1, 0.15) is 5.56 Å². The van der Waals surface area contributed by atoms with Crippen molar-refractivity contribution < 1.29 is 0 Å². The van der Waals surface area contributed by atoms with Crippen LogP contribution in [0.25, 0.3) is 28.2 Å². The van der Waals surface area contributed by atoms with E-state index in [0.717, 1.165) is 5.56 Å². The summed E-state index contributed by atoms with van der Waals surface area (Å²) in [5, 5.41) is 5.33. The van der Waals surface area contributed by atoms with Crippen LogP contribution in [0, 0.1) is 6.92 Å². The number of anilines is 1. The van der Waals surface area contributed by atoms with Crippen LogP contribution < -0.4 is 5.73 Å². The number of nitrogens with two attached hydrogens (primary N) is 1. The van der Waals surface area contributed by atoms with E-state index in [1.54, 1.807) is 23.1 Å². The zero-order valence-electron chi connectivity index (χ0n) is 12.4. The highest BCUT2D eigenvalue weighted by Gasteiger charge is 2.18. The summed E-state index contributed by atoms with van der Waals surface area (Å²) in [4.78, 5) is 16.9. The third-order valence-electron chi connectivity index (χ3n) is 3.56. The molecule has 1 aromatic carbocycles. The highest BCUT2D eigenvalue weighted by Crippen LogP contribution is 2.30. The van der Waals surface area contributed by atoms with Crippen LogP contribution >= 0.6 is 0 Å². The zero-order chi connectivity index (χ0) is 15.8. The van der Waals surface area contributed by atoms with E-state index in [1.807, 2.05) is 31.2 Å². The number of aryl methyl sites for hydroxylation is 1. The SMILES string of the molecule is Cc1ccc(-c2nn(-c3ncccn3)c3ncnc(N)c23)cc1. The summed E-state index contributed by atoms with van der Waals surface area (Å²) in [6.45, 7) is 2.04. The Morgan fingerprint density at radius 1 is 0.957 bits per heavy atom. The molecule has 23 heavy (non-hydrogen) atoms. The van der Waals surface area contributed by atoms with Gasteiger partial charge in [0.05, 0.1) is 5.39 Å². The van der Waals surface area contributed by atoms with Gasteiger partial charge < -0.3 is 5.73 Å². The molecule has 0 radical (unpaired) electrons. The van der Waals surface area contributed by atoms with Gasteiger partial charge in [0.25, 0.3) is 5.95 Å². The minimum absolute atomic E-state index is 0.382. The lowest BCUT2D eigenvalue weighted by Crippen LogP contribution is -2.03. The standard InChI is InChI=1S/C16H13N7/c1-10-3-5-11(6-4-10)13-12-14(17)20-9-21-15(12)23(22-13)16-18-7-2-8-19-16/h2-9H,1H3,(H2,17,20,21). The normalized spacial score (nSPS) is 11.0. The van der Waals surface area contributed by atoms with Gasteiger partial charge in [-0.05, 0) is 13.0 Å². The Bertz CT molecular complexity index is 975. The molecule has 4 rings (SSSR count). The van der Waals surface area contributed by atoms with Gasteiger partial charge >= 0.3 is 0 Å². The van der Waals surface area contributed by atoms with Crippen molar-refractivity contribution in [2.45, 2.75) is 6.92 Å². The summed E-state index contributed by atoms with van der Waals surface area (Å²) in [5.41, 5.74) is 9.48. The molecule has 0 atom stereocenters. The van der Waals surface area contributed by atoms with Crippen molar-refractivity contribution in [3.05, 3.63) is 54.6 Å². The Labute approximate surface area is 131 Å². The summed E-state index contributed by atoms with van der Waals surface area (Å²) in [7, 11) is 0. The fourth-order valence-corrected chi connectivity index (χ4v) is 2.43. The molecule has 0 aliphatic heterocycles. The highest BCUT2D eigenvalue weighted by molar-refractivity contribution is 5.98. The molecular formula is C16H13N7. The fraction of sp³-hybridized carbons (Fsp3) is 0.0625. The molecular weight excluding hydrogens is 290 g/mol. The van der Waals surface area contributed by atoms with Crippen molar-refractivity contribution in [1.29, 1.82) is 0 Å². The maximum absolute atomic E-state index is 6.07. The topological polar surface area (TPSA) is 95.4 Å². The number of nitrogens with zero attached hydrogens (tertiary/aromatic N) is 6. The minimum Gasteiger partial charge on any atom is -0.383 e. The van der Waals surface area contributed by atoms with E-state index in [-0.39, 0.29) is 0 Å². The van der Waals surface area contributed by atoms with E-state index in [2.05, 4.69) is 25.0 Å². The van der Waals surface area contributed by atoms with Crippen LogP contribution in [0.5, 0.6) is 0 Å². The third-order valence-corrected chi connectivity index (χ3v) is 3.56. The number of rotatable bonds is 2. The van der Waals surface area contributed by atoms with E-state index in [0.29, 0.717) is 28.5 Å². The van der Waals surface area contributed by atoms with Crippen LogP contribution in [0.4, 0.5) is 5.82 Å². The molecule has 7 heteroatoms. The van der Waals surface area contributed by atoms with Gasteiger partial charge in [-0.1, -0.05) is 29.8 Å². The number of benzene rings is 1. The lowest BCUT2D eigenvalue weighted by atomic mass is 10.1. The molecule has 112 valence electrons. The molecule has 0 aliphatic rings. The second kappa shape index (κ2) is 5.13. The number of aromatic nitrogens is 6. The molecule has 0 spiro atoms. The van der Waals surface area contributed by atoms with E-state index in [1.165, 1.54) is 11.9 Å². The van der Waals surface area contributed by atoms with Crippen LogP contribution in [-0.4, -0.2) is 29.7 Å². The number of fused-ring (bicyclic) bond motifs is 1. The first-order valence-corrected chi connectivity index (χ1v) is 7.07. The molecule has 0 aliphatic carbocycles. The monoisotopic (exact) mass is 303 g/mol. The van der Waals surface area contributed by atoms with Crippen LogP contribution in [0.2, 0.25) is 0 Å². The van der Waals surface area contributed by atoms with Crippen molar-refractivity contribution in [2.24, 2.45) is 0 Å². The molecule has 0 saturated heterocycles. The van der Waals surface area contributed by atoms with E-state index in [4.69, 9.17) is 5.73 Å². The predicted molar refractivity (Wildman–Crippen MR) is 86.8 cm³/mol. The van der Waals surface area contributed by atoms with Gasteiger partial charge in [-0.3, -0.25) is 0 Å².